The second kappa shape index (κ2) is 11.2. The van der Waals surface area contributed by atoms with Crippen molar-refractivity contribution in [1.82, 2.24) is 4.98 Å². The number of allylic oxidation sites excluding steroid dienone is 1. The minimum Gasteiger partial charge on any atom is -0.388 e. The highest BCUT2D eigenvalue weighted by Gasteiger charge is 1.98. The van der Waals surface area contributed by atoms with Gasteiger partial charge in [-0.2, -0.15) is 5.26 Å². The zero-order valence-electron chi connectivity index (χ0n) is 13.2. The van der Waals surface area contributed by atoms with E-state index in [1.165, 1.54) is 0 Å². The van der Waals surface area contributed by atoms with Crippen molar-refractivity contribution in [2.45, 2.75) is 20.8 Å². The Balaban J connectivity index is 0.000000713. The number of hydrogen-bond acceptors (Lipinski definition) is 3. The number of nitrogens with one attached hydrogen (secondary N) is 1. The van der Waals surface area contributed by atoms with Crippen molar-refractivity contribution in [3.8, 4) is 17.2 Å². The van der Waals surface area contributed by atoms with Gasteiger partial charge in [0, 0.05) is 24.5 Å². The topological polar surface area (TPSA) is 48.7 Å². The average molecular weight is 281 g/mol. The quantitative estimate of drug-likeness (QED) is 0.798. The molecular weight excluding hydrogens is 258 g/mol. The van der Waals surface area contributed by atoms with Crippen molar-refractivity contribution < 1.29 is 0 Å². The maximum atomic E-state index is 8.65. The van der Waals surface area contributed by atoms with Gasteiger partial charge >= 0.3 is 0 Å². The van der Waals surface area contributed by atoms with E-state index >= 15 is 0 Å². The molecule has 0 fully saturated rings. The summed E-state index contributed by atoms with van der Waals surface area (Å²) in [7, 11) is 1.89. The average Bonchev–Trinajstić information content (AvgIpc) is 2.58. The molecule has 3 nitrogen and oxygen atoms in total. The van der Waals surface area contributed by atoms with Gasteiger partial charge in [0.25, 0.3) is 0 Å². The normalized spacial score (nSPS) is 8.14. The predicted octanol–water partition coefficient (Wildman–Crippen LogP) is 4.88. The molecule has 0 unspecified atom stereocenters. The van der Waals surface area contributed by atoms with Crippen molar-refractivity contribution in [2.24, 2.45) is 0 Å². The van der Waals surface area contributed by atoms with Gasteiger partial charge < -0.3 is 5.32 Å². The molecule has 0 amide bonds. The maximum Gasteiger partial charge on any atom is 0.140 e. The fourth-order valence-electron chi connectivity index (χ4n) is 1.46. The summed E-state index contributed by atoms with van der Waals surface area (Å²) in [4.78, 5) is 4.04. The van der Waals surface area contributed by atoms with Crippen LogP contribution in [-0.2, 0) is 0 Å². The summed E-state index contributed by atoms with van der Waals surface area (Å²) in [5, 5.41) is 11.7. The lowest BCUT2D eigenvalue weighted by atomic mass is 10.1. The largest absolute Gasteiger partial charge is 0.388 e. The lowest BCUT2D eigenvalue weighted by Gasteiger charge is -2.03. The van der Waals surface area contributed by atoms with E-state index in [0.717, 1.165) is 16.8 Å². The molecule has 3 heteroatoms. The van der Waals surface area contributed by atoms with Crippen LogP contribution in [0.15, 0.2) is 55.3 Å². The molecule has 1 aromatic carbocycles. The molecule has 0 aliphatic carbocycles. The SMILES string of the molecule is C=CC.CC.CNc1ccc(-c2ccc(C#N)nc2)cc1. The fourth-order valence-corrected chi connectivity index (χ4v) is 1.46. The smallest absolute Gasteiger partial charge is 0.140 e. The molecule has 0 aliphatic heterocycles. The molecule has 0 spiro atoms. The third-order valence-electron chi connectivity index (χ3n) is 2.38. The Morgan fingerprint density at radius 1 is 1.10 bits per heavy atom. The minimum absolute atomic E-state index is 0.440. The number of anilines is 1. The van der Waals surface area contributed by atoms with Crippen LogP contribution in [0.2, 0.25) is 0 Å². The Hall–Kier alpha value is -2.60. The standard InChI is InChI=1S/C13H11N3.C3H6.C2H6/c1-15-12-5-2-10(3-6-12)11-4-7-13(8-14)16-9-11;1-3-2;1-2/h2-7,9,15H,1H3;3H,1H2,2H3;1-2H3. The van der Waals surface area contributed by atoms with E-state index in [9.17, 15) is 0 Å². The lowest BCUT2D eigenvalue weighted by molar-refractivity contribution is 1.26. The number of pyridine rings is 1. The van der Waals surface area contributed by atoms with E-state index in [2.05, 4.69) is 16.9 Å². The van der Waals surface area contributed by atoms with E-state index in [1.54, 1.807) is 18.3 Å². The predicted molar refractivity (Wildman–Crippen MR) is 91.2 cm³/mol. The van der Waals surface area contributed by atoms with E-state index in [0.29, 0.717) is 5.69 Å². The molecule has 0 saturated carbocycles. The van der Waals surface area contributed by atoms with Crippen LogP contribution in [0.5, 0.6) is 0 Å². The van der Waals surface area contributed by atoms with Gasteiger partial charge in [-0.1, -0.05) is 32.1 Å². The van der Waals surface area contributed by atoms with Gasteiger partial charge in [0.2, 0.25) is 0 Å². The second-order valence-corrected chi connectivity index (χ2v) is 3.78. The first kappa shape index (κ1) is 18.4. The zero-order chi connectivity index (χ0) is 16.1. The van der Waals surface area contributed by atoms with Crippen molar-refractivity contribution in [1.29, 1.82) is 5.26 Å². The van der Waals surface area contributed by atoms with E-state index in [-0.39, 0.29) is 0 Å². The Labute approximate surface area is 128 Å². The molecule has 0 bridgehead atoms. The third kappa shape index (κ3) is 6.40. The zero-order valence-corrected chi connectivity index (χ0v) is 13.2. The van der Waals surface area contributed by atoms with Gasteiger partial charge in [-0.05, 0) is 36.8 Å². The van der Waals surface area contributed by atoms with Crippen molar-refractivity contribution in [3.63, 3.8) is 0 Å². The highest BCUT2D eigenvalue weighted by Crippen LogP contribution is 2.20. The van der Waals surface area contributed by atoms with E-state index < -0.39 is 0 Å². The molecule has 1 aromatic heterocycles. The molecular formula is C18H23N3. The molecule has 1 N–H and O–H groups in total. The van der Waals surface area contributed by atoms with Crippen LogP contribution < -0.4 is 5.32 Å². The molecule has 0 saturated heterocycles. The first-order valence-corrected chi connectivity index (χ1v) is 6.96. The first-order valence-electron chi connectivity index (χ1n) is 6.96. The Bertz CT molecular complexity index is 549. The molecule has 2 rings (SSSR count). The number of nitrogens with zero attached hydrogens (tertiary/aromatic N) is 2. The van der Waals surface area contributed by atoms with Gasteiger partial charge in [-0.3, -0.25) is 0 Å². The van der Waals surface area contributed by atoms with Gasteiger partial charge in [0.15, 0.2) is 0 Å². The number of rotatable bonds is 2. The molecule has 0 aliphatic rings. The molecule has 0 radical (unpaired) electrons. The van der Waals surface area contributed by atoms with Gasteiger partial charge in [0.1, 0.15) is 11.8 Å². The lowest BCUT2D eigenvalue weighted by Crippen LogP contribution is -1.87. The highest BCUT2D eigenvalue weighted by atomic mass is 14.8. The van der Waals surface area contributed by atoms with Gasteiger partial charge in [-0.25, -0.2) is 4.98 Å². The summed E-state index contributed by atoms with van der Waals surface area (Å²) in [6.07, 6.45) is 3.47. The molecule has 21 heavy (non-hydrogen) atoms. The summed E-state index contributed by atoms with van der Waals surface area (Å²) >= 11 is 0. The van der Waals surface area contributed by atoms with Gasteiger partial charge in [-0.15, -0.1) is 6.58 Å². The number of benzene rings is 1. The van der Waals surface area contributed by atoms with E-state index in [4.69, 9.17) is 5.26 Å². The van der Waals surface area contributed by atoms with Crippen molar-refractivity contribution >= 4 is 5.69 Å². The summed E-state index contributed by atoms with van der Waals surface area (Å²) < 4.78 is 0. The molecule has 2 aromatic rings. The minimum atomic E-state index is 0.440. The molecule has 0 atom stereocenters. The second-order valence-electron chi connectivity index (χ2n) is 3.78. The summed E-state index contributed by atoms with van der Waals surface area (Å²) in [5.74, 6) is 0. The van der Waals surface area contributed by atoms with Crippen LogP contribution in [0.25, 0.3) is 11.1 Å². The Kier molecular flexibility index (Phi) is 9.85. The van der Waals surface area contributed by atoms with Crippen molar-refractivity contribution in [2.75, 3.05) is 12.4 Å². The van der Waals surface area contributed by atoms with Crippen LogP contribution in [0.3, 0.4) is 0 Å². The number of nitriles is 1. The Morgan fingerprint density at radius 2 is 1.62 bits per heavy atom. The van der Waals surface area contributed by atoms with Crippen LogP contribution in [0.1, 0.15) is 26.5 Å². The number of hydrogen-bond donors (Lipinski definition) is 1. The fraction of sp³-hybridized carbons (Fsp3) is 0.222. The molecule has 1 heterocycles. The highest BCUT2D eigenvalue weighted by molar-refractivity contribution is 5.65. The summed E-state index contributed by atoms with van der Waals surface area (Å²) in [5.41, 5.74) is 3.62. The molecule has 110 valence electrons. The van der Waals surface area contributed by atoms with Crippen LogP contribution in [0, 0.1) is 11.3 Å². The van der Waals surface area contributed by atoms with Gasteiger partial charge in [0.05, 0.1) is 0 Å². The number of aromatic nitrogens is 1. The summed E-state index contributed by atoms with van der Waals surface area (Å²) in [6.45, 7) is 9.25. The first-order chi connectivity index (χ1) is 10.2. The van der Waals surface area contributed by atoms with Crippen LogP contribution >= 0.6 is 0 Å². The van der Waals surface area contributed by atoms with Crippen LogP contribution in [0.4, 0.5) is 5.69 Å². The monoisotopic (exact) mass is 281 g/mol. The summed E-state index contributed by atoms with van der Waals surface area (Å²) in [6, 6.07) is 13.7. The van der Waals surface area contributed by atoms with Crippen LogP contribution in [-0.4, -0.2) is 12.0 Å². The third-order valence-corrected chi connectivity index (χ3v) is 2.38. The Morgan fingerprint density at radius 3 is 2.00 bits per heavy atom. The van der Waals surface area contributed by atoms with E-state index in [1.807, 2.05) is 64.2 Å². The maximum absolute atomic E-state index is 8.65. The van der Waals surface area contributed by atoms with Crippen molar-refractivity contribution in [3.05, 3.63) is 60.9 Å².